The molecule has 6 nitrogen and oxygen atoms in total. The fraction of sp³-hybridized carbons (Fsp3) is 0.400. The van der Waals surface area contributed by atoms with E-state index >= 15 is 0 Å². The third-order valence-corrected chi connectivity index (χ3v) is 7.08. The summed E-state index contributed by atoms with van der Waals surface area (Å²) in [7, 11) is 0. The fourth-order valence-electron chi connectivity index (χ4n) is 3.22. The van der Waals surface area contributed by atoms with E-state index < -0.39 is 5.41 Å². The summed E-state index contributed by atoms with van der Waals surface area (Å²) < 4.78 is 14.6. The minimum Gasteiger partial charge on any atom is -0.490 e. The van der Waals surface area contributed by atoms with Crippen molar-refractivity contribution in [3.05, 3.63) is 60.0 Å². The van der Waals surface area contributed by atoms with Crippen LogP contribution in [0.25, 0.3) is 10.9 Å². The minimum atomic E-state index is -0.420. The molecule has 0 aliphatic carbocycles. The van der Waals surface area contributed by atoms with Crippen LogP contribution in [0.4, 0.5) is 0 Å². The average molecular weight is 614 g/mol. The van der Waals surface area contributed by atoms with Gasteiger partial charge in [0.05, 0.1) is 29.8 Å². The predicted molar refractivity (Wildman–Crippen MR) is 146 cm³/mol. The van der Waals surface area contributed by atoms with Crippen LogP contribution in [0.1, 0.15) is 59.4 Å². The minimum absolute atomic E-state index is 0.0287. The normalized spacial score (nSPS) is 13.0. The van der Waals surface area contributed by atoms with Gasteiger partial charge in [-0.25, -0.2) is 4.98 Å². The van der Waals surface area contributed by atoms with Gasteiger partial charge < -0.3 is 9.47 Å². The van der Waals surface area contributed by atoms with Crippen LogP contribution in [-0.4, -0.2) is 28.6 Å². The topological polar surface area (TPSA) is 65.7 Å². The van der Waals surface area contributed by atoms with E-state index in [2.05, 4.69) is 37.0 Å². The molecule has 3 rings (SSSR count). The van der Waals surface area contributed by atoms with Gasteiger partial charge in [0, 0.05) is 19.9 Å². The van der Waals surface area contributed by atoms with Gasteiger partial charge in [-0.15, -0.1) is 0 Å². The van der Waals surface area contributed by atoms with Crippen LogP contribution in [0.2, 0.25) is 5.02 Å². The highest BCUT2D eigenvalue weighted by Gasteiger charge is 2.23. The molecule has 0 fully saturated rings. The van der Waals surface area contributed by atoms with E-state index in [1.807, 2.05) is 53.7 Å². The molecule has 0 saturated heterocycles. The lowest BCUT2D eigenvalue weighted by Gasteiger charge is -2.21. The molecule has 0 aliphatic heterocycles. The van der Waals surface area contributed by atoms with Crippen molar-refractivity contribution in [1.29, 1.82) is 0 Å². The molecule has 34 heavy (non-hydrogen) atoms. The summed E-state index contributed by atoms with van der Waals surface area (Å²) in [6, 6.07) is 7.24. The zero-order valence-electron chi connectivity index (χ0n) is 20.1. The first-order chi connectivity index (χ1) is 16.0. The lowest BCUT2D eigenvalue weighted by atomic mass is 9.95. The van der Waals surface area contributed by atoms with E-state index in [9.17, 15) is 4.79 Å². The largest absolute Gasteiger partial charge is 0.490 e. The quantitative estimate of drug-likeness (QED) is 0.262. The van der Waals surface area contributed by atoms with Crippen LogP contribution < -0.4 is 15.0 Å². The number of rotatable bonds is 7. The van der Waals surface area contributed by atoms with Crippen LogP contribution in [0.15, 0.2) is 43.1 Å². The van der Waals surface area contributed by atoms with Gasteiger partial charge in [-0.1, -0.05) is 55.2 Å². The molecular weight excluding hydrogens is 586 g/mol. The van der Waals surface area contributed by atoms with Crippen molar-refractivity contribution in [2.75, 3.05) is 6.61 Å². The molecule has 0 bridgehead atoms. The number of nitrogens with zero attached hydrogens (tertiary/aromatic N) is 3. The molecule has 0 N–H and O–H groups in total. The van der Waals surface area contributed by atoms with E-state index in [1.54, 1.807) is 18.3 Å². The molecule has 0 spiro atoms. The Balaban J connectivity index is 2.19. The number of benzene rings is 2. The van der Waals surface area contributed by atoms with E-state index in [0.717, 1.165) is 10.9 Å². The Morgan fingerprint density at radius 3 is 2.56 bits per heavy atom. The van der Waals surface area contributed by atoms with Gasteiger partial charge >= 0.3 is 0 Å². The number of hydrogen-bond donors (Lipinski definition) is 0. The zero-order chi connectivity index (χ0) is 25.2. The highest BCUT2D eigenvalue weighted by atomic mass is 79.9. The molecule has 0 amide bonds. The Bertz CT molecular complexity index is 1300. The van der Waals surface area contributed by atoms with Crippen molar-refractivity contribution in [3.8, 4) is 11.5 Å². The summed E-state index contributed by atoms with van der Waals surface area (Å²) in [6.07, 6.45) is 2.37. The number of hydrogen-bond acceptors (Lipinski definition) is 5. The first-order valence-corrected chi connectivity index (χ1v) is 13.0. The lowest BCUT2D eigenvalue weighted by Crippen LogP contribution is -2.29. The second-order valence-electron chi connectivity index (χ2n) is 8.90. The summed E-state index contributed by atoms with van der Waals surface area (Å²) >= 11 is 13.6. The van der Waals surface area contributed by atoms with Crippen molar-refractivity contribution in [2.24, 2.45) is 5.10 Å². The first-order valence-electron chi connectivity index (χ1n) is 11.1. The third kappa shape index (κ3) is 5.66. The molecule has 0 aliphatic rings. The second kappa shape index (κ2) is 10.8. The van der Waals surface area contributed by atoms with E-state index in [0.29, 0.717) is 49.9 Å². The number of fused-ring (bicyclic) bond motifs is 1. The maximum Gasteiger partial charge on any atom is 0.282 e. The molecule has 0 saturated carbocycles. The van der Waals surface area contributed by atoms with Crippen molar-refractivity contribution in [3.63, 3.8) is 0 Å². The monoisotopic (exact) mass is 611 g/mol. The van der Waals surface area contributed by atoms with Crippen molar-refractivity contribution in [1.82, 2.24) is 9.66 Å². The SMILES string of the molecule is CCOc1cc(C=Nn2c(C(C)(C)C)nc3ccc(Br)cc3c2=O)c(Br)c(Cl)c1O[C@@H](C)CC. The molecular formula is C25H28Br2ClN3O3. The Morgan fingerprint density at radius 2 is 1.94 bits per heavy atom. The Morgan fingerprint density at radius 1 is 1.24 bits per heavy atom. The van der Waals surface area contributed by atoms with Gasteiger partial charge in [-0.2, -0.15) is 9.78 Å². The number of halogens is 3. The van der Waals surface area contributed by atoms with Gasteiger partial charge in [-0.3, -0.25) is 4.79 Å². The number of aromatic nitrogens is 2. The number of ether oxygens (including phenoxy) is 2. The Hall–Kier alpha value is -1.90. The standard InChI is InChI=1S/C25H28Br2ClN3O3/c1-7-14(3)34-22-19(33-8-2)11-15(20(27)21(22)28)13-29-31-23(32)17-12-16(26)9-10-18(17)30-24(31)25(4,5)6/h9-14H,7-8H2,1-6H3/t14-/m0/s1. The maximum absolute atomic E-state index is 13.4. The summed E-state index contributed by atoms with van der Waals surface area (Å²) in [4.78, 5) is 18.2. The van der Waals surface area contributed by atoms with Crippen molar-refractivity contribution in [2.45, 2.75) is 59.5 Å². The molecule has 3 aromatic rings. The van der Waals surface area contributed by atoms with Gasteiger partial charge in [-0.05, 0) is 60.5 Å². The summed E-state index contributed by atoms with van der Waals surface area (Å²) in [5, 5.41) is 5.41. The third-order valence-electron chi connectivity index (χ3n) is 5.14. The molecule has 1 atom stereocenters. The van der Waals surface area contributed by atoms with E-state index in [1.165, 1.54) is 4.68 Å². The zero-order valence-corrected chi connectivity index (χ0v) is 24.0. The van der Waals surface area contributed by atoms with Crippen molar-refractivity contribution < 1.29 is 9.47 Å². The highest BCUT2D eigenvalue weighted by Crippen LogP contribution is 2.43. The molecule has 0 unspecified atom stereocenters. The smallest absolute Gasteiger partial charge is 0.282 e. The Kier molecular flexibility index (Phi) is 8.47. The highest BCUT2D eigenvalue weighted by molar-refractivity contribution is 9.10. The summed E-state index contributed by atoms with van der Waals surface area (Å²) in [5.74, 6) is 1.54. The fourth-order valence-corrected chi connectivity index (χ4v) is 4.22. The van der Waals surface area contributed by atoms with Crippen LogP contribution >= 0.6 is 43.5 Å². The van der Waals surface area contributed by atoms with Crippen LogP contribution in [0.5, 0.6) is 11.5 Å². The maximum atomic E-state index is 13.4. The summed E-state index contributed by atoms with van der Waals surface area (Å²) in [5.41, 5.74) is 0.596. The molecule has 1 aromatic heterocycles. The van der Waals surface area contributed by atoms with Gasteiger partial charge in [0.2, 0.25) is 0 Å². The van der Waals surface area contributed by atoms with Gasteiger partial charge in [0.15, 0.2) is 11.5 Å². The first kappa shape index (κ1) is 26.7. The molecule has 2 aromatic carbocycles. The van der Waals surface area contributed by atoms with Gasteiger partial charge in [0.25, 0.3) is 5.56 Å². The lowest BCUT2D eigenvalue weighted by molar-refractivity contribution is 0.203. The second-order valence-corrected chi connectivity index (χ2v) is 11.0. The molecule has 1 heterocycles. The predicted octanol–water partition coefficient (Wildman–Crippen LogP) is 7.33. The van der Waals surface area contributed by atoms with Crippen LogP contribution in [0.3, 0.4) is 0 Å². The van der Waals surface area contributed by atoms with Crippen LogP contribution in [-0.2, 0) is 5.41 Å². The molecule has 0 radical (unpaired) electrons. The van der Waals surface area contributed by atoms with E-state index in [4.69, 9.17) is 26.1 Å². The van der Waals surface area contributed by atoms with E-state index in [-0.39, 0.29) is 11.7 Å². The Labute approximate surface area is 221 Å². The molecule has 182 valence electrons. The van der Waals surface area contributed by atoms with Gasteiger partial charge in [0.1, 0.15) is 10.8 Å². The molecule has 9 heteroatoms. The summed E-state index contributed by atoms with van der Waals surface area (Å²) in [6.45, 7) is 12.3. The average Bonchev–Trinajstić information content (AvgIpc) is 2.78. The van der Waals surface area contributed by atoms with Crippen molar-refractivity contribution >= 4 is 60.6 Å². The van der Waals surface area contributed by atoms with Crippen LogP contribution in [0, 0.1) is 0 Å².